The normalized spacial score (nSPS) is 16.7. The topological polar surface area (TPSA) is 54.1 Å². The number of benzene rings is 2. The standard InChI is InChI=1S/C26H25ClN2O2S/c27-19-6-3-5-18(15-19)26(10-12-31-13-11-26)25(30)29-17-22(24-9-4-14-32-24)21-16-28-23-8-2-1-7-20(21)23/h1-9,14-16,22,28H,10-13,17H2,(H,29,30). The first-order valence-electron chi connectivity index (χ1n) is 10.9. The highest BCUT2D eigenvalue weighted by Crippen LogP contribution is 2.37. The maximum Gasteiger partial charge on any atom is 0.230 e. The Kier molecular flexibility index (Phi) is 6.05. The van der Waals surface area contributed by atoms with Crippen LogP contribution in [0.15, 0.2) is 72.2 Å². The van der Waals surface area contributed by atoms with E-state index in [1.807, 2.05) is 30.3 Å². The van der Waals surface area contributed by atoms with E-state index in [-0.39, 0.29) is 11.8 Å². The van der Waals surface area contributed by atoms with Gasteiger partial charge in [-0.25, -0.2) is 0 Å². The largest absolute Gasteiger partial charge is 0.381 e. The summed E-state index contributed by atoms with van der Waals surface area (Å²) >= 11 is 8.00. The highest BCUT2D eigenvalue weighted by Gasteiger charge is 2.42. The van der Waals surface area contributed by atoms with Gasteiger partial charge in [0.2, 0.25) is 5.91 Å². The number of aromatic amines is 1. The van der Waals surface area contributed by atoms with Crippen molar-refractivity contribution in [3.8, 4) is 0 Å². The molecule has 1 atom stereocenters. The summed E-state index contributed by atoms with van der Waals surface area (Å²) < 4.78 is 5.60. The lowest BCUT2D eigenvalue weighted by Gasteiger charge is -2.36. The summed E-state index contributed by atoms with van der Waals surface area (Å²) in [4.78, 5) is 18.3. The number of hydrogen-bond donors (Lipinski definition) is 2. The number of carbonyl (C=O) groups excluding carboxylic acids is 1. The number of ether oxygens (including phenoxy) is 1. The minimum atomic E-state index is -0.622. The van der Waals surface area contributed by atoms with Gasteiger partial charge in [-0.3, -0.25) is 4.79 Å². The monoisotopic (exact) mass is 464 g/mol. The lowest BCUT2D eigenvalue weighted by Crippen LogP contribution is -2.49. The van der Waals surface area contributed by atoms with Crippen LogP contribution >= 0.6 is 22.9 Å². The van der Waals surface area contributed by atoms with Crippen LogP contribution in [0.25, 0.3) is 10.9 Å². The Morgan fingerprint density at radius 1 is 1.12 bits per heavy atom. The second kappa shape index (κ2) is 9.10. The van der Waals surface area contributed by atoms with E-state index in [1.165, 1.54) is 15.8 Å². The highest BCUT2D eigenvalue weighted by molar-refractivity contribution is 7.10. The fourth-order valence-corrected chi connectivity index (χ4v) is 5.79. The average molecular weight is 465 g/mol. The number of halogens is 1. The molecule has 2 N–H and O–H groups in total. The minimum Gasteiger partial charge on any atom is -0.381 e. The number of hydrogen-bond acceptors (Lipinski definition) is 3. The van der Waals surface area contributed by atoms with Crippen LogP contribution in [0.1, 0.15) is 34.8 Å². The fraction of sp³-hybridized carbons (Fsp3) is 0.269. The van der Waals surface area contributed by atoms with Gasteiger partial charge in [0.25, 0.3) is 0 Å². The third kappa shape index (κ3) is 3.96. The molecule has 164 valence electrons. The van der Waals surface area contributed by atoms with Crippen LogP contribution in [0.4, 0.5) is 0 Å². The Morgan fingerprint density at radius 2 is 1.97 bits per heavy atom. The van der Waals surface area contributed by atoms with Crippen molar-refractivity contribution in [2.24, 2.45) is 0 Å². The predicted octanol–water partition coefficient (Wildman–Crippen LogP) is 5.88. The summed E-state index contributed by atoms with van der Waals surface area (Å²) in [6.45, 7) is 1.66. The first-order chi connectivity index (χ1) is 15.7. The summed E-state index contributed by atoms with van der Waals surface area (Å²) in [7, 11) is 0. The van der Waals surface area contributed by atoms with E-state index >= 15 is 0 Å². The van der Waals surface area contributed by atoms with Crippen molar-refractivity contribution in [2.45, 2.75) is 24.2 Å². The summed E-state index contributed by atoms with van der Waals surface area (Å²) in [5.41, 5.74) is 2.65. The summed E-state index contributed by atoms with van der Waals surface area (Å²) in [6.07, 6.45) is 3.37. The molecule has 1 amide bonds. The molecule has 1 fully saturated rings. The zero-order valence-corrected chi connectivity index (χ0v) is 19.2. The molecule has 32 heavy (non-hydrogen) atoms. The van der Waals surface area contributed by atoms with E-state index in [0.29, 0.717) is 37.6 Å². The molecule has 1 aliphatic rings. The second-order valence-corrected chi connectivity index (χ2v) is 9.69. The number of rotatable bonds is 6. The van der Waals surface area contributed by atoms with E-state index in [0.717, 1.165) is 11.1 Å². The highest BCUT2D eigenvalue weighted by atomic mass is 35.5. The smallest absolute Gasteiger partial charge is 0.230 e. The number of nitrogens with one attached hydrogen (secondary N) is 2. The van der Waals surface area contributed by atoms with E-state index in [4.69, 9.17) is 16.3 Å². The van der Waals surface area contributed by atoms with Gasteiger partial charge in [-0.1, -0.05) is 48.0 Å². The number of H-pyrrole nitrogens is 1. The number of aromatic nitrogens is 1. The van der Waals surface area contributed by atoms with Crippen molar-refractivity contribution in [1.82, 2.24) is 10.3 Å². The molecule has 1 unspecified atom stereocenters. The predicted molar refractivity (Wildman–Crippen MR) is 131 cm³/mol. The molecule has 6 heteroatoms. The number of carbonyl (C=O) groups is 1. The van der Waals surface area contributed by atoms with Gasteiger partial charge in [0.05, 0.1) is 5.41 Å². The molecular weight excluding hydrogens is 440 g/mol. The van der Waals surface area contributed by atoms with Crippen molar-refractivity contribution in [2.75, 3.05) is 19.8 Å². The molecule has 1 aliphatic heterocycles. The molecule has 0 radical (unpaired) electrons. The van der Waals surface area contributed by atoms with Gasteiger partial charge in [-0.05, 0) is 53.6 Å². The third-order valence-electron chi connectivity index (χ3n) is 6.51. The molecular formula is C26H25ClN2O2S. The maximum atomic E-state index is 13.7. The number of thiophene rings is 1. The number of amides is 1. The van der Waals surface area contributed by atoms with Crippen molar-refractivity contribution >= 4 is 39.7 Å². The van der Waals surface area contributed by atoms with Gasteiger partial charge in [0.15, 0.2) is 0 Å². The maximum absolute atomic E-state index is 13.7. The van der Waals surface area contributed by atoms with Crippen LogP contribution in [0, 0.1) is 0 Å². The Labute approximate surface area is 196 Å². The Morgan fingerprint density at radius 3 is 2.75 bits per heavy atom. The van der Waals surface area contributed by atoms with E-state index in [9.17, 15) is 4.79 Å². The van der Waals surface area contributed by atoms with Crippen molar-refractivity contribution < 1.29 is 9.53 Å². The SMILES string of the molecule is O=C(NCC(c1cccs1)c1c[nH]c2ccccc12)C1(c2cccc(Cl)c2)CCOCC1. The summed E-state index contributed by atoms with van der Waals surface area (Å²) in [5.74, 6) is 0.121. The molecule has 2 aromatic heterocycles. The zero-order chi connectivity index (χ0) is 22.0. The van der Waals surface area contributed by atoms with Crippen molar-refractivity contribution in [3.63, 3.8) is 0 Å². The van der Waals surface area contributed by atoms with Crippen LogP contribution in [0.2, 0.25) is 5.02 Å². The third-order valence-corrected chi connectivity index (χ3v) is 7.73. The van der Waals surface area contributed by atoms with Gasteiger partial charge >= 0.3 is 0 Å². The molecule has 0 aliphatic carbocycles. The second-order valence-electron chi connectivity index (χ2n) is 8.27. The number of para-hydroxylation sites is 1. The zero-order valence-electron chi connectivity index (χ0n) is 17.6. The molecule has 2 aromatic carbocycles. The van der Waals surface area contributed by atoms with Crippen LogP contribution < -0.4 is 5.32 Å². The molecule has 3 heterocycles. The van der Waals surface area contributed by atoms with Crippen LogP contribution in [-0.2, 0) is 14.9 Å². The first-order valence-corrected chi connectivity index (χ1v) is 12.1. The fourth-order valence-electron chi connectivity index (χ4n) is 4.75. The van der Waals surface area contributed by atoms with Gasteiger partial charge in [-0.2, -0.15) is 0 Å². The van der Waals surface area contributed by atoms with Crippen molar-refractivity contribution in [3.05, 3.63) is 93.3 Å². The molecule has 1 saturated heterocycles. The number of fused-ring (bicyclic) bond motifs is 1. The van der Waals surface area contributed by atoms with Crippen molar-refractivity contribution in [1.29, 1.82) is 0 Å². The van der Waals surface area contributed by atoms with Gasteiger partial charge in [0, 0.05) is 52.7 Å². The van der Waals surface area contributed by atoms with Gasteiger partial charge < -0.3 is 15.0 Å². The van der Waals surface area contributed by atoms with Crippen LogP contribution in [0.5, 0.6) is 0 Å². The Hall–Kier alpha value is -2.60. The molecule has 4 aromatic rings. The van der Waals surface area contributed by atoms with E-state index in [2.05, 4.69) is 52.2 Å². The molecule has 0 bridgehead atoms. The minimum absolute atomic E-state index is 0.0458. The lowest BCUT2D eigenvalue weighted by atomic mass is 9.73. The summed E-state index contributed by atoms with van der Waals surface area (Å²) in [6, 6.07) is 20.2. The molecule has 4 nitrogen and oxygen atoms in total. The Bertz CT molecular complexity index is 1210. The van der Waals surface area contributed by atoms with Crippen LogP contribution in [0.3, 0.4) is 0 Å². The summed E-state index contributed by atoms with van der Waals surface area (Å²) in [5, 5.41) is 7.24. The van der Waals surface area contributed by atoms with E-state index < -0.39 is 5.41 Å². The molecule has 5 rings (SSSR count). The molecule has 0 saturated carbocycles. The average Bonchev–Trinajstić information content (AvgIpc) is 3.51. The quantitative estimate of drug-likeness (QED) is 0.374. The first kappa shape index (κ1) is 21.3. The van der Waals surface area contributed by atoms with Crippen LogP contribution in [-0.4, -0.2) is 30.6 Å². The lowest BCUT2D eigenvalue weighted by molar-refractivity contribution is -0.130. The van der Waals surface area contributed by atoms with Gasteiger partial charge in [-0.15, -0.1) is 11.3 Å². The Balaban J connectivity index is 1.45. The van der Waals surface area contributed by atoms with E-state index in [1.54, 1.807) is 11.3 Å². The van der Waals surface area contributed by atoms with Gasteiger partial charge in [0.1, 0.15) is 0 Å². The molecule has 0 spiro atoms.